The molecule has 94 valence electrons. The third-order valence-electron chi connectivity index (χ3n) is 4.59. The molecule has 2 aliphatic rings. The van der Waals surface area contributed by atoms with Crippen LogP contribution in [0.4, 0.5) is 0 Å². The van der Waals surface area contributed by atoms with Gasteiger partial charge in [-0.1, -0.05) is 19.3 Å². The van der Waals surface area contributed by atoms with E-state index in [9.17, 15) is 0 Å². The first-order valence-electron chi connectivity index (χ1n) is 7.08. The zero-order valence-corrected chi connectivity index (χ0v) is 10.8. The van der Waals surface area contributed by atoms with Crippen LogP contribution in [0.1, 0.15) is 55.7 Å². The highest BCUT2D eigenvalue weighted by Crippen LogP contribution is 2.32. The van der Waals surface area contributed by atoms with E-state index in [0.717, 1.165) is 6.04 Å². The first kappa shape index (κ1) is 11.3. The van der Waals surface area contributed by atoms with E-state index in [1.165, 1.54) is 62.9 Å². The fourth-order valence-electron chi connectivity index (χ4n) is 3.57. The summed E-state index contributed by atoms with van der Waals surface area (Å²) in [6.45, 7) is 4.70. The van der Waals surface area contributed by atoms with Crippen molar-refractivity contribution < 1.29 is 0 Å². The molecule has 1 saturated heterocycles. The molecule has 2 heterocycles. The van der Waals surface area contributed by atoms with Gasteiger partial charge in [-0.2, -0.15) is 5.10 Å². The second kappa shape index (κ2) is 4.81. The van der Waals surface area contributed by atoms with E-state index in [2.05, 4.69) is 22.0 Å². The van der Waals surface area contributed by atoms with Crippen molar-refractivity contribution in [2.45, 2.75) is 57.4 Å². The lowest BCUT2D eigenvalue weighted by Gasteiger charge is -2.31. The summed E-state index contributed by atoms with van der Waals surface area (Å²) >= 11 is 0. The van der Waals surface area contributed by atoms with Gasteiger partial charge in [0.15, 0.2) is 0 Å². The molecule has 1 aromatic rings. The molecule has 0 amide bonds. The molecule has 0 radical (unpaired) electrons. The van der Waals surface area contributed by atoms with Gasteiger partial charge in [0.2, 0.25) is 0 Å². The fourth-order valence-corrected chi connectivity index (χ4v) is 3.57. The number of H-pyrrole nitrogens is 1. The summed E-state index contributed by atoms with van der Waals surface area (Å²) < 4.78 is 0. The molecule has 1 aromatic heterocycles. The van der Waals surface area contributed by atoms with Gasteiger partial charge in [-0.25, -0.2) is 0 Å². The Hall–Kier alpha value is -0.830. The van der Waals surface area contributed by atoms with Gasteiger partial charge in [-0.05, 0) is 38.3 Å². The third kappa shape index (κ3) is 2.25. The lowest BCUT2D eigenvalue weighted by molar-refractivity contribution is 0.189. The number of hydrogen-bond donors (Lipinski definition) is 1. The second-order valence-electron chi connectivity index (χ2n) is 5.74. The predicted molar refractivity (Wildman–Crippen MR) is 69.1 cm³/mol. The minimum atomic E-state index is 0.694. The summed E-state index contributed by atoms with van der Waals surface area (Å²) in [4.78, 5) is 2.73. The Labute approximate surface area is 104 Å². The number of rotatable bonds is 2. The van der Waals surface area contributed by atoms with Crippen molar-refractivity contribution in [2.24, 2.45) is 0 Å². The Morgan fingerprint density at radius 2 is 2.06 bits per heavy atom. The van der Waals surface area contributed by atoms with Crippen molar-refractivity contribution in [3.05, 3.63) is 17.5 Å². The normalized spacial score (nSPS) is 27.7. The van der Waals surface area contributed by atoms with E-state index < -0.39 is 0 Å². The van der Waals surface area contributed by atoms with Crippen LogP contribution in [0, 0.1) is 6.92 Å². The van der Waals surface area contributed by atoms with E-state index in [0.29, 0.717) is 5.92 Å². The van der Waals surface area contributed by atoms with Crippen LogP contribution >= 0.6 is 0 Å². The van der Waals surface area contributed by atoms with Crippen molar-refractivity contribution in [2.75, 3.05) is 13.1 Å². The zero-order chi connectivity index (χ0) is 11.7. The summed E-state index contributed by atoms with van der Waals surface area (Å²) in [5.41, 5.74) is 2.71. The standard InChI is InChI=1S/C14H23N3/c1-11-9-15-16-14(11)12-7-8-17(10-12)13-5-3-2-4-6-13/h9,12-13H,2-8,10H2,1H3,(H,15,16)/t12-/m0/s1. The Morgan fingerprint density at radius 3 is 2.76 bits per heavy atom. The Balaban J connectivity index is 1.63. The minimum Gasteiger partial charge on any atom is -0.300 e. The van der Waals surface area contributed by atoms with Gasteiger partial charge in [0, 0.05) is 24.2 Å². The van der Waals surface area contributed by atoms with Crippen LogP contribution in [0.5, 0.6) is 0 Å². The molecule has 0 bridgehead atoms. The van der Waals surface area contributed by atoms with Crippen LogP contribution in [0.15, 0.2) is 6.20 Å². The van der Waals surface area contributed by atoms with Crippen molar-refractivity contribution in [3.8, 4) is 0 Å². The van der Waals surface area contributed by atoms with Gasteiger partial charge in [-0.15, -0.1) is 0 Å². The Bertz CT molecular complexity index is 365. The first-order valence-corrected chi connectivity index (χ1v) is 7.08. The van der Waals surface area contributed by atoms with Crippen LogP contribution in [0.3, 0.4) is 0 Å². The average Bonchev–Trinajstić information content (AvgIpc) is 2.98. The molecule has 1 atom stereocenters. The van der Waals surface area contributed by atoms with Gasteiger partial charge < -0.3 is 0 Å². The SMILES string of the molecule is Cc1cn[nH]c1[C@H]1CCN(C2CCCCC2)C1. The van der Waals surface area contributed by atoms with Crippen LogP contribution in [0.2, 0.25) is 0 Å². The molecule has 0 unspecified atom stereocenters. The van der Waals surface area contributed by atoms with Crippen LogP contribution < -0.4 is 0 Å². The summed E-state index contributed by atoms with van der Waals surface area (Å²) in [5, 5.41) is 7.35. The maximum Gasteiger partial charge on any atom is 0.0519 e. The molecular weight excluding hydrogens is 210 g/mol. The monoisotopic (exact) mass is 233 g/mol. The van der Waals surface area contributed by atoms with Gasteiger partial charge in [-0.3, -0.25) is 10.00 Å². The quantitative estimate of drug-likeness (QED) is 0.851. The number of likely N-dealkylation sites (tertiary alicyclic amines) is 1. The highest BCUT2D eigenvalue weighted by Gasteiger charge is 2.30. The van der Waals surface area contributed by atoms with Crippen molar-refractivity contribution in [1.29, 1.82) is 0 Å². The summed E-state index contributed by atoms with van der Waals surface area (Å²) in [6, 6.07) is 0.872. The molecule has 1 aliphatic heterocycles. The maximum atomic E-state index is 4.16. The molecule has 1 saturated carbocycles. The second-order valence-corrected chi connectivity index (χ2v) is 5.74. The summed E-state index contributed by atoms with van der Waals surface area (Å²) in [6.07, 6.45) is 10.4. The van der Waals surface area contributed by atoms with Gasteiger partial charge in [0.05, 0.1) is 6.20 Å². The van der Waals surface area contributed by atoms with E-state index in [-0.39, 0.29) is 0 Å². The highest BCUT2D eigenvalue weighted by atomic mass is 15.2. The molecule has 3 heteroatoms. The number of nitrogens with one attached hydrogen (secondary N) is 1. The lowest BCUT2D eigenvalue weighted by Crippen LogP contribution is -2.34. The summed E-state index contributed by atoms with van der Waals surface area (Å²) in [7, 11) is 0. The smallest absolute Gasteiger partial charge is 0.0519 e. The largest absolute Gasteiger partial charge is 0.300 e. The first-order chi connectivity index (χ1) is 8.34. The third-order valence-corrected chi connectivity index (χ3v) is 4.59. The van der Waals surface area contributed by atoms with Crippen molar-refractivity contribution in [1.82, 2.24) is 15.1 Å². The highest BCUT2D eigenvalue weighted by molar-refractivity contribution is 5.20. The van der Waals surface area contributed by atoms with Crippen molar-refractivity contribution in [3.63, 3.8) is 0 Å². The number of nitrogens with zero attached hydrogens (tertiary/aromatic N) is 2. The topological polar surface area (TPSA) is 31.9 Å². The van der Waals surface area contributed by atoms with Crippen LogP contribution in [-0.2, 0) is 0 Å². The van der Waals surface area contributed by atoms with E-state index >= 15 is 0 Å². The van der Waals surface area contributed by atoms with Crippen LogP contribution in [-0.4, -0.2) is 34.2 Å². The number of aromatic nitrogens is 2. The van der Waals surface area contributed by atoms with E-state index in [1.807, 2.05) is 6.20 Å². The molecule has 0 aromatic carbocycles. The molecular formula is C14H23N3. The van der Waals surface area contributed by atoms with Crippen molar-refractivity contribution >= 4 is 0 Å². The van der Waals surface area contributed by atoms with Gasteiger partial charge in [0.25, 0.3) is 0 Å². The maximum absolute atomic E-state index is 4.16. The molecule has 1 aliphatic carbocycles. The zero-order valence-electron chi connectivity index (χ0n) is 10.8. The number of aryl methyl sites for hydroxylation is 1. The predicted octanol–water partition coefficient (Wildman–Crippen LogP) is 2.84. The number of hydrogen-bond acceptors (Lipinski definition) is 2. The molecule has 0 spiro atoms. The van der Waals surface area contributed by atoms with Crippen LogP contribution in [0.25, 0.3) is 0 Å². The minimum absolute atomic E-state index is 0.694. The fraction of sp³-hybridized carbons (Fsp3) is 0.786. The Kier molecular flexibility index (Phi) is 3.19. The molecule has 1 N–H and O–H groups in total. The van der Waals surface area contributed by atoms with Gasteiger partial charge in [0.1, 0.15) is 0 Å². The number of aromatic amines is 1. The Morgan fingerprint density at radius 1 is 1.24 bits per heavy atom. The average molecular weight is 233 g/mol. The van der Waals surface area contributed by atoms with Gasteiger partial charge >= 0.3 is 0 Å². The summed E-state index contributed by atoms with van der Waals surface area (Å²) in [5.74, 6) is 0.694. The molecule has 2 fully saturated rings. The lowest BCUT2D eigenvalue weighted by atomic mass is 9.94. The molecule has 17 heavy (non-hydrogen) atoms. The molecule has 3 nitrogen and oxygen atoms in total. The van der Waals surface area contributed by atoms with E-state index in [1.54, 1.807) is 0 Å². The molecule has 3 rings (SSSR count). The van der Waals surface area contributed by atoms with E-state index in [4.69, 9.17) is 0 Å².